The quantitative estimate of drug-likeness (QED) is 0.697. The molecule has 2 unspecified atom stereocenters. The van der Waals surface area contributed by atoms with Gasteiger partial charge in [-0.25, -0.2) is 0 Å². The van der Waals surface area contributed by atoms with Gasteiger partial charge in [0.2, 0.25) is 11.8 Å². The molecule has 0 bridgehead atoms. The third-order valence-electron chi connectivity index (χ3n) is 4.57. The zero-order chi connectivity index (χ0) is 16.8. The first-order valence-corrected chi connectivity index (χ1v) is 8.51. The van der Waals surface area contributed by atoms with Crippen LogP contribution < -0.4 is 10.6 Å². The summed E-state index contributed by atoms with van der Waals surface area (Å²) in [4.78, 5) is 38.5. The van der Waals surface area contributed by atoms with Crippen molar-refractivity contribution in [3.05, 3.63) is 0 Å². The predicted octanol–water partition coefficient (Wildman–Crippen LogP) is 0.0448. The summed E-state index contributed by atoms with van der Waals surface area (Å²) in [5, 5.41) is 5.97. The fraction of sp³-hybridized carbons (Fsp3) is 0.812. The molecule has 7 heteroatoms. The van der Waals surface area contributed by atoms with Gasteiger partial charge in [-0.1, -0.05) is 6.92 Å². The summed E-state index contributed by atoms with van der Waals surface area (Å²) in [6.45, 7) is 6.27. The van der Waals surface area contributed by atoms with Crippen molar-refractivity contribution in [2.24, 2.45) is 5.92 Å². The first-order chi connectivity index (χ1) is 11.0. The van der Waals surface area contributed by atoms with Gasteiger partial charge in [-0.15, -0.1) is 0 Å². The largest absolute Gasteiger partial charge is 0.463 e. The number of carbonyl (C=O) groups is 3. The summed E-state index contributed by atoms with van der Waals surface area (Å²) in [7, 11) is 0. The molecule has 2 atom stereocenters. The lowest BCUT2D eigenvalue weighted by atomic mass is 9.95. The van der Waals surface area contributed by atoms with Gasteiger partial charge in [0.25, 0.3) is 0 Å². The Labute approximate surface area is 137 Å². The summed E-state index contributed by atoms with van der Waals surface area (Å²) in [6.07, 6.45) is 2.03. The predicted molar refractivity (Wildman–Crippen MR) is 84.6 cm³/mol. The maximum atomic E-state index is 12.7. The molecule has 0 aromatic carbocycles. The zero-order valence-corrected chi connectivity index (χ0v) is 14.0. The highest BCUT2D eigenvalue weighted by atomic mass is 16.5. The number of nitrogens with one attached hydrogen (secondary N) is 2. The number of carbonyl (C=O) groups excluding carboxylic acids is 3. The molecule has 0 spiro atoms. The molecule has 2 amide bonds. The minimum absolute atomic E-state index is 0.0114. The molecule has 2 N–H and O–H groups in total. The Hall–Kier alpha value is -1.63. The van der Waals surface area contributed by atoms with Gasteiger partial charge >= 0.3 is 5.97 Å². The van der Waals surface area contributed by atoms with Gasteiger partial charge in [-0.2, -0.15) is 0 Å². The molecule has 2 rings (SSSR count). The molecule has 0 saturated carbocycles. The van der Waals surface area contributed by atoms with E-state index in [1.54, 1.807) is 4.90 Å². The van der Waals surface area contributed by atoms with Crippen molar-refractivity contribution in [2.75, 3.05) is 26.2 Å². The molecule has 2 fully saturated rings. The van der Waals surface area contributed by atoms with Crippen molar-refractivity contribution < 1.29 is 19.1 Å². The first-order valence-electron chi connectivity index (χ1n) is 8.51. The van der Waals surface area contributed by atoms with Gasteiger partial charge in [-0.3, -0.25) is 14.4 Å². The molecule has 0 aromatic rings. The number of piperazine rings is 1. The van der Waals surface area contributed by atoms with Crippen LogP contribution in [0.3, 0.4) is 0 Å². The normalized spacial score (nSPS) is 24.0. The summed E-state index contributed by atoms with van der Waals surface area (Å²) >= 11 is 0. The van der Waals surface area contributed by atoms with Crippen LogP contribution in [0.1, 0.15) is 39.5 Å². The number of nitrogens with zero attached hydrogens (tertiary/aromatic N) is 1. The second kappa shape index (κ2) is 8.29. The molecule has 2 aliphatic heterocycles. The topological polar surface area (TPSA) is 87.7 Å². The summed E-state index contributed by atoms with van der Waals surface area (Å²) in [5.74, 6) is -0.762. The van der Waals surface area contributed by atoms with Crippen LogP contribution >= 0.6 is 0 Å². The number of hydrogen-bond donors (Lipinski definition) is 2. The number of esters is 1. The molecule has 2 saturated heterocycles. The SMILES string of the molecule is CCC(C)OC(=O)CC1C(=O)NCCN1C(=O)C1CCNCC1. The number of rotatable bonds is 5. The molecule has 0 aliphatic carbocycles. The number of piperidine rings is 1. The van der Waals surface area contributed by atoms with Gasteiger partial charge in [-0.05, 0) is 39.3 Å². The van der Waals surface area contributed by atoms with Crippen molar-refractivity contribution in [2.45, 2.75) is 51.7 Å². The Morgan fingerprint density at radius 1 is 1.30 bits per heavy atom. The highest BCUT2D eigenvalue weighted by molar-refractivity contribution is 5.92. The average molecular weight is 325 g/mol. The van der Waals surface area contributed by atoms with Gasteiger partial charge in [0.15, 0.2) is 0 Å². The van der Waals surface area contributed by atoms with Gasteiger partial charge in [0, 0.05) is 19.0 Å². The lowest BCUT2D eigenvalue weighted by Gasteiger charge is -2.37. The molecule has 0 aromatic heterocycles. The molecule has 2 heterocycles. The van der Waals surface area contributed by atoms with Crippen molar-refractivity contribution in [3.63, 3.8) is 0 Å². The maximum absolute atomic E-state index is 12.7. The Kier molecular flexibility index (Phi) is 6.38. The smallest absolute Gasteiger partial charge is 0.308 e. The van der Waals surface area contributed by atoms with Crippen LogP contribution in [0.4, 0.5) is 0 Å². The van der Waals surface area contributed by atoms with E-state index >= 15 is 0 Å². The Bertz CT molecular complexity index is 449. The highest BCUT2D eigenvalue weighted by Gasteiger charge is 2.38. The van der Waals surface area contributed by atoms with E-state index in [1.165, 1.54) is 0 Å². The van der Waals surface area contributed by atoms with Crippen LogP contribution in [0.2, 0.25) is 0 Å². The van der Waals surface area contributed by atoms with Crippen LogP contribution in [0.5, 0.6) is 0 Å². The second-order valence-corrected chi connectivity index (χ2v) is 6.28. The number of ether oxygens (including phenoxy) is 1. The Balaban J connectivity index is 2.01. The fourth-order valence-corrected chi connectivity index (χ4v) is 3.00. The van der Waals surface area contributed by atoms with Gasteiger partial charge in [0.05, 0.1) is 12.5 Å². The maximum Gasteiger partial charge on any atom is 0.308 e. The molecule has 2 aliphatic rings. The van der Waals surface area contributed by atoms with E-state index in [1.807, 2.05) is 13.8 Å². The van der Waals surface area contributed by atoms with Crippen molar-refractivity contribution in [3.8, 4) is 0 Å². The Morgan fingerprint density at radius 2 is 2.00 bits per heavy atom. The molecule has 130 valence electrons. The van der Waals surface area contributed by atoms with Gasteiger partial charge < -0.3 is 20.3 Å². The van der Waals surface area contributed by atoms with E-state index in [0.29, 0.717) is 13.1 Å². The standard InChI is InChI=1S/C16H27N3O4/c1-3-11(2)23-14(20)10-13-15(21)18-8-9-19(13)16(22)12-4-6-17-7-5-12/h11-13,17H,3-10H2,1-2H3,(H,18,21). The van der Waals surface area contributed by atoms with E-state index in [9.17, 15) is 14.4 Å². The van der Waals surface area contributed by atoms with Crippen LogP contribution in [0, 0.1) is 5.92 Å². The van der Waals surface area contributed by atoms with Crippen LogP contribution in [-0.2, 0) is 19.1 Å². The molecular formula is C16H27N3O4. The van der Waals surface area contributed by atoms with Crippen molar-refractivity contribution in [1.29, 1.82) is 0 Å². The fourth-order valence-electron chi connectivity index (χ4n) is 3.00. The van der Waals surface area contributed by atoms with E-state index in [2.05, 4.69) is 10.6 Å². The van der Waals surface area contributed by atoms with Crippen molar-refractivity contribution in [1.82, 2.24) is 15.5 Å². The minimum Gasteiger partial charge on any atom is -0.463 e. The lowest BCUT2D eigenvalue weighted by molar-refractivity contribution is -0.156. The summed E-state index contributed by atoms with van der Waals surface area (Å²) in [6, 6.07) is -0.748. The van der Waals surface area contributed by atoms with E-state index < -0.39 is 12.0 Å². The third-order valence-corrected chi connectivity index (χ3v) is 4.57. The lowest BCUT2D eigenvalue weighted by Crippen LogP contribution is -2.59. The van der Waals surface area contributed by atoms with E-state index in [-0.39, 0.29) is 30.3 Å². The average Bonchev–Trinajstić information content (AvgIpc) is 2.56. The minimum atomic E-state index is -0.748. The number of amides is 2. The molecule has 7 nitrogen and oxygen atoms in total. The molecule has 0 radical (unpaired) electrons. The van der Waals surface area contributed by atoms with Crippen LogP contribution in [-0.4, -0.2) is 61.0 Å². The van der Waals surface area contributed by atoms with Gasteiger partial charge in [0.1, 0.15) is 6.04 Å². The summed E-state index contributed by atoms with van der Waals surface area (Å²) in [5.41, 5.74) is 0. The molecule has 23 heavy (non-hydrogen) atoms. The Morgan fingerprint density at radius 3 is 2.65 bits per heavy atom. The van der Waals surface area contributed by atoms with E-state index in [0.717, 1.165) is 32.4 Å². The zero-order valence-electron chi connectivity index (χ0n) is 14.0. The van der Waals surface area contributed by atoms with Crippen molar-refractivity contribution >= 4 is 17.8 Å². The highest BCUT2D eigenvalue weighted by Crippen LogP contribution is 2.20. The molecular weight excluding hydrogens is 298 g/mol. The first kappa shape index (κ1) is 17.7. The van der Waals surface area contributed by atoms with Crippen LogP contribution in [0.25, 0.3) is 0 Å². The number of hydrogen-bond acceptors (Lipinski definition) is 5. The van der Waals surface area contributed by atoms with E-state index in [4.69, 9.17) is 4.74 Å². The second-order valence-electron chi connectivity index (χ2n) is 6.28. The summed E-state index contributed by atoms with van der Waals surface area (Å²) < 4.78 is 5.26. The van der Waals surface area contributed by atoms with Crippen LogP contribution in [0.15, 0.2) is 0 Å². The third kappa shape index (κ3) is 4.67. The monoisotopic (exact) mass is 325 g/mol.